The largest absolute Gasteiger partial charge is 0.481 e. The highest BCUT2D eigenvalue weighted by atomic mass is 16.4. The Bertz CT molecular complexity index is 831. The van der Waals surface area contributed by atoms with Crippen LogP contribution in [-0.4, -0.2) is 30.2 Å². The lowest BCUT2D eigenvalue weighted by atomic mass is 10.3. The Morgan fingerprint density at radius 3 is 2.33 bits per heavy atom. The minimum Gasteiger partial charge on any atom is -0.481 e. The van der Waals surface area contributed by atoms with E-state index in [1.54, 1.807) is 4.57 Å². The molecule has 24 heavy (non-hydrogen) atoms. The summed E-state index contributed by atoms with van der Waals surface area (Å²) in [5.41, 5.74) is -0.216. The SMILES string of the molecule is CCCCn1c(CCC(=O)O)nc2c1c(=O)[nH]c(=O)n2CCCC. The van der Waals surface area contributed by atoms with E-state index in [1.165, 1.54) is 4.57 Å². The van der Waals surface area contributed by atoms with Gasteiger partial charge in [-0.15, -0.1) is 0 Å². The zero-order valence-electron chi connectivity index (χ0n) is 14.2. The number of aryl methyl sites for hydroxylation is 3. The number of aromatic amines is 1. The maximum atomic E-state index is 12.3. The van der Waals surface area contributed by atoms with Crippen LogP contribution >= 0.6 is 0 Å². The van der Waals surface area contributed by atoms with Gasteiger partial charge < -0.3 is 9.67 Å². The molecule has 2 aromatic rings. The molecule has 132 valence electrons. The molecule has 0 bridgehead atoms. The van der Waals surface area contributed by atoms with E-state index in [0.29, 0.717) is 30.1 Å². The number of fused-ring (bicyclic) bond motifs is 1. The van der Waals surface area contributed by atoms with Gasteiger partial charge in [-0.25, -0.2) is 9.78 Å². The van der Waals surface area contributed by atoms with Crippen LogP contribution in [0.3, 0.4) is 0 Å². The number of rotatable bonds is 9. The molecule has 0 unspecified atom stereocenters. The summed E-state index contributed by atoms with van der Waals surface area (Å²) in [6.07, 6.45) is 3.66. The Labute approximate surface area is 139 Å². The second-order valence-electron chi connectivity index (χ2n) is 5.86. The maximum absolute atomic E-state index is 12.3. The molecule has 0 amide bonds. The minimum absolute atomic E-state index is 0.0630. The molecule has 2 aromatic heterocycles. The highest BCUT2D eigenvalue weighted by molar-refractivity contribution is 5.71. The van der Waals surface area contributed by atoms with Gasteiger partial charge in [-0.3, -0.25) is 19.1 Å². The van der Waals surface area contributed by atoms with Gasteiger partial charge in [0.05, 0.1) is 6.42 Å². The maximum Gasteiger partial charge on any atom is 0.330 e. The van der Waals surface area contributed by atoms with Crippen molar-refractivity contribution in [3.8, 4) is 0 Å². The van der Waals surface area contributed by atoms with E-state index < -0.39 is 17.2 Å². The van der Waals surface area contributed by atoms with Crippen molar-refractivity contribution in [2.24, 2.45) is 0 Å². The predicted molar refractivity (Wildman–Crippen MR) is 90.4 cm³/mol. The molecule has 0 aliphatic carbocycles. The van der Waals surface area contributed by atoms with Gasteiger partial charge in [-0.1, -0.05) is 26.7 Å². The topological polar surface area (TPSA) is 110 Å². The van der Waals surface area contributed by atoms with Gasteiger partial charge in [0.15, 0.2) is 11.2 Å². The average molecular weight is 336 g/mol. The number of hydrogen-bond donors (Lipinski definition) is 2. The molecule has 2 N–H and O–H groups in total. The molecule has 8 heteroatoms. The lowest BCUT2D eigenvalue weighted by Crippen LogP contribution is -2.31. The van der Waals surface area contributed by atoms with Crippen LogP contribution in [0.2, 0.25) is 0 Å². The summed E-state index contributed by atoms with van der Waals surface area (Å²) in [7, 11) is 0. The summed E-state index contributed by atoms with van der Waals surface area (Å²) >= 11 is 0. The summed E-state index contributed by atoms with van der Waals surface area (Å²) in [6.45, 7) is 5.12. The van der Waals surface area contributed by atoms with Crippen molar-refractivity contribution in [1.82, 2.24) is 19.1 Å². The van der Waals surface area contributed by atoms with Crippen LogP contribution in [0.5, 0.6) is 0 Å². The third kappa shape index (κ3) is 3.74. The summed E-state index contributed by atoms with van der Waals surface area (Å²) in [5.74, 6) is -0.372. The van der Waals surface area contributed by atoms with Crippen molar-refractivity contribution < 1.29 is 9.90 Å². The third-order valence-electron chi connectivity index (χ3n) is 4.00. The lowest BCUT2D eigenvalue weighted by molar-refractivity contribution is -0.137. The van der Waals surface area contributed by atoms with Crippen molar-refractivity contribution >= 4 is 17.1 Å². The molecule has 0 spiro atoms. The van der Waals surface area contributed by atoms with Gasteiger partial charge >= 0.3 is 11.7 Å². The molecule has 0 aromatic carbocycles. The first-order chi connectivity index (χ1) is 11.5. The number of carboxylic acid groups (broad SMARTS) is 1. The van der Waals surface area contributed by atoms with E-state index in [2.05, 4.69) is 9.97 Å². The molecule has 0 radical (unpaired) electrons. The number of hydrogen-bond acceptors (Lipinski definition) is 4. The predicted octanol–water partition coefficient (Wildman–Crippen LogP) is 1.50. The number of nitrogens with zero attached hydrogens (tertiary/aromatic N) is 3. The number of imidazole rings is 1. The van der Waals surface area contributed by atoms with Crippen LogP contribution < -0.4 is 11.2 Å². The monoisotopic (exact) mass is 336 g/mol. The number of nitrogens with one attached hydrogen (secondary N) is 1. The Morgan fingerprint density at radius 2 is 1.75 bits per heavy atom. The standard InChI is InChI=1S/C16H24N4O4/c1-3-5-9-19-11(7-8-12(21)22)17-14-13(19)15(23)18-16(24)20(14)10-6-4-2/h3-10H2,1-2H3,(H,21,22)(H,18,23,24). The Hall–Kier alpha value is -2.38. The van der Waals surface area contributed by atoms with Crippen molar-refractivity contribution in [3.63, 3.8) is 0 Å². The summed E-state index contributed by atoms with van der Waals surface area (Å²) in [6, 6.07) is 0. The van der Waals surface area contributed by atoms with E-state index in [0.717, 1.165) is 25.7 Å². The molecule has 0 aliphatic heterocycles. The Kier molecular flexibility index (Phi) is 5.94. The first kappa shape index (κ1) is 18.0. The Morgan fingerprint density at radius 1 is 1.12 bits per heavy atom. The fraction of sp³-hybridized carbons (Fsp3) is 0.625. The number of aromatic nitrogens is 4. The zero-order valence-corrected chi connectivity index (χ0v) is 14.2. The van der Waals surface area contributed by atoms with E-state index in [-0.39, 0.29) is 12.8 Å². The Balaban J connectivity index is 2.62. The number of unbranched alkanes of at least 4 members (excludes halogenated alkanes) is 2. The number of aliphatic carboxylic acids is 1. The number of carbonyl (C=O) groups is 1. The van der Waals surface area contributed by atoms with Crippen LogP contribution in [0.4, 0.5) is 0 Å². The molecule has 8 nitrogen and oxygen atoms in total. The van der Waals surface area contributed by atoms with Gasteiger partial charge in [0.25, 0.3) is 5.56 Å². The summed E-state index contributed by atoms with van der Waals surface area (Å²) in [4.78, 5) is 42.1. The van der Waals surface area contributed by atoms with Crippen molar-refractivity contribution in [2.75, 3.05) is 0 Å². The van der Waals surface area contributed by atoms with Crippen LogP contribution in [0.15, 0.2) is 9.59 Å². The van der Waals surface area contributed by atoms with E-state index in [1.807, 2.05) is 13.8 Å². The first-order valence-corrected chi connectivity index (χ1v) is 8.43. The van der Waals surface area contributed by atoms with Crippen molar-refractivity contribution in [3.05, 3.63) is 26.7 Å². The van der Waals surface area contributed by atoms with E-state index >= 15 is 0 Å². The molecular weight excluding hydrogens is 312 g/mol. The second kappa shape index (κ2) is 7.94. The minimum atomic E-state index is -0.915. The van der Waals surface area contributed by atoms with Crippen molar-refractivity contribution in [2.45, 2.75) is 65.5 Å². The van der Waals surface area contributed by atoms with Crippen LogP contribution in [0.25, 0.3) is 11.2 Å². The summed E-state index contributed by atoms with van der Waals surface area (Å²) < 4.78 is 3.25. The van der Waals surface area contributed by atoms with E-state index in [4.69, 9.17) is 5.11 Å². The molecule has 0 atom stereocenters. The molecule has 2 heterocycles. The highest BCUT2D eigenvalue weighted by Crippen LogP contribution is 2.15. The summed E-state index contributed by atoms with van der Waals surface area (Å²) in [5, 5.41) is 8.93. The normalized spacial score (nSPS) is 11.2. The second-order valence-corrected chi connectivity index (χ2v) is 5.86. The van der Waals surface area contributed by atoms with Gasteiger partial charge in [0.2, 0.25) is 0 Å². The lowest BCUT2D eigenvalue weighted by Gasteiger charge is -2.08. The molecule has 2 rings (SSSR count). The number of carboxylic acids is 1. The first-order valence-electron chi connectivity index (χ1n) is 8.43. The van der Waals surface area contributed by atoms with E-state index in [9.17, 15) is 14.4 Å². The van der Waals surface area contributed by atoms with Crippen LogP contribution in [0.1, 0.15) is 51.8 Å². The quantitative estimate of drug-likeness (QED) is 0.721. The number of H-pyrrole nitrogens is 1. The smallest absolute Gasteiger partial charge is 0.330 e. The zero-order chi connectivity index (χ0) is 17.7. The molecule has 0 saturated heterocycles. The van der Waals surface area contributed by atoms with Crippen LogP contribution in [0, 0.1) is 0 Å². The fourth-order valence-corrected chi connectivity index (χ4v) is 2.71. The fourth-order valence-electron chi connectivity index (χ4n) is 2.71. The average Bonchev–Trinajstić information content (AvgIpc) is 2.89. The van der Waals surface area contributed by atoms with Gasteiger partial charge in [-0.2, -0.15) is 0 Å². The highest BCUT2D eigenvalue weighted by Gasteiger charge is 2.18. The molecular formula is C16H24N4O4. The van der Waals surface area contributed by atoms with Gasteiger partial charge in [-0.05, 0) is 12.8 Å². The molecule has 0 saturated carbocycles. The molecule has 0 aliphatic rings. The van der Waals surface area contributed by atoms with Crippen molar-refractivity contribution in [1.29, 1.82) is 0 Å². The third-order valence-corrected chi connectivity index (χ3v) is 4.00. The molecule has 0 fully saturated rings. The van der Waals surface area contributed by atoms with Gasteiger partial charge in [0.1, 0.15) is 5.82 Å². The van der Waals surface area contributed by atoms with Crippen LogP contribution in [-0.2, 0) is 24.3 Å². The van der Waals surface area contributed by atoms with Gasteiger partial charge in [0, 0.05) is 19.5 Å².